The van der Waals surface area contributed by atoms with Crippen molar-refractivity contribution < 1.29 is 14.7 Å². The van der Waals surface area contributed by atoms with Crippen molar-refractivity contribution in [1.82, 2.24) is 14.7 Å². The molecule has 1 unspecified atom stereocenters. The predicted molar refractivity (Wildman–Crippen MR) is 75.0 cm³/mol. The highest BCUT2D eigenvalue weighted by Gasteiger charge is 2.45. The second-order valence-electron chi connectivity index (χ2n) is 5.49. The van der Waals surface area contributed by atoms with Crippen LogP contribution in [-0.2, 0) is 11.8 Å². The molecule has 0 spiro atoms. The Balaban J connectivity index is 2.20. The fourth-order valence-corrected chi connectivity index (χ4v) is 2.79. The molecule has 0 aliphatic carbocycles. The SMILES string of the molecule is CCCC1(C(=O)O)CCN(C(=O)c2ccc(=O)n(C)n2)C1. The summed E-state index contributed by atoms with van der Waals surface area (Å²) in [5.74, 6) is -1.18. The summed E-state index contributed by atoms with van der Waals surface area (Å²) in [5, 5.41) is 13.4. The maximum atomic E-state index is 12.4. The molecule has 1 aliphatic rings. The summed E-state index contributed by atoms with van der Waals surface area (Å²) in [6.45, 7) is 2.53. The zero-order valence-electron chi connectivity index (χ0n) is 12.2. The molecule has 0 radical (unpaired) electrons. The van der Waals surface area contributed by atoms with Crippen molar-refractivity contribution in [2.75, 3.05) is 13.1 Å². The van der Waals surface area contributed by atoms with Gasteiger partial charge >= 0.3 is 5.97 Å². The lowest BCUT2D eigenvalue weighted by atomic mass is 9.83. The van der Waals surface area contributed by atoms with Gasteiger partial charge in [-0.15, -0.1) is 0 Å². The number of aromatic nitrogens is 2. The number of aliphatic carboxylic acids is 1. The second-order valence-corrected chi connectivity index (χ2v) is 5.49. The highest BCUT2D eigenvalue weighted by Crippen LogP contribution is 2.36. The van der Waals surface area contributed by atoms with E-state index in [-0.39, 0.29) is 23.7 Å². The van der Waals surface area contributed by atoms with Crippen LogP contribution in [0.1, 0.15) is 36.7 Å². The molecule has 1 aromatic rings. The van der Waals surface area contributed by atoms with E-state index in [1.165, 1.54) is 24.1 Å². The molecule has 1 saturated heterocycles. The van der Waals surface area contributed by atoms with Gasteiger partial charge in [-0.05, 0) is 18.9 Å². The minimum absolute atomic E-state index is 0.162. The van der Waals surface area contributed by atoms with Crippen LogP contribution >= 0.6 is 0 Å². The number of carboxylic acid groups (broad SMARTS) is 1. The van der Waals surface area contributed by atoms with E-state index in [4.69, 9.17) is 0 Å². The van der Waals surface area contributed by atoms with Crippen molar-refractivity contribution in [3.8, 4) is 0 Å². The van der Waals surface area contributed by atoms with Crippen molar-refractivity contribution in [1.29, 1.82) is 0 Å². The number of hydrogen-bond donors (Lipinski definition) is 1. The zero-order chi connectivity index (χ0) is 15.6. The molecule has 1 aromatic heterocycles. The van der Waals surface area contributed by atoms with Crippen LogP contribution in [0.3, 0.4) is 0 Å². The van der Waals surface area contributed by atoms with E-state index in [0.717, 1.165) is 11.1 Å². The molecule has 1 aliphatic heterocycles. The molecule has 1 amide bonds. The molecule has 1 atom stereocenters. The Morgan fingerprint density at radius 2 is 2.14 bits per heavy atom. The minimum Gasteiger partial charge on any atom is -0.481 e. The van der Waals surface area contributed by atoms with Crippen LogP contribution in [0.2, 0.25) is 0 Å². The third-order valence-electron chi connectivity index (χ3n) is 4.00. The summed E-state index contributed by atoms with van der Waals surface area (Å²) in [4.78, 5) is 36.7. The van der Waals surface area contributed by atoms with Crippen molar-refractivity contribution in [3.63, 3.8) is 0 Å². The van der Waals surface area contributed by atoms with Gasteiger partial charge in [-0.25, -0.2) is 4.68 Å². The predicted octanol–water partition coefficient (Wildman–Crippen LogP) is 0.497. The smallest absolute Gasteiger partial charge is 0.311 e. The number of carboxylic acids is 1. The zero-order valence-corrected chi connectivity index (χ0v) is 12.2. The van der Waals surface area contributed by atoms with E-state index in [0.29, 0.717) is 19.4 Å². The largest absolute Gasteiger partial charge is 0.481 e. The highest BCUT2D eigenvalue weighted by atomic mass is 16.4. The van der Waals surface area contributed by atoms with E-state index in [1.807, 2.05) is 6.92 Å². The highest BCUT2D eigenvalue weighted by molar-refractivity contribution is 5.93. The fourth-order valence-electron chi connectivity index (χ4n) is 2.79. The van der Waals surface area contributed by atoms with Gasteiger partial charge in [-0.2, -0.15) is 5.10 Å². The number of likely N-dealkylation sites (tertiary alicyclic amines) is 1. The quantitative estimate of drug-likeness (QED) is 0.872. The van der Waals surface area contributed by atoms with Crippen LogP contribution in [0.15, 0.2) is 16.9 Å². The molecule has 0 aromatic carbocycles. The van der Waals surface area contributed by atoms with Crippen molar-refractivity contribution in [2.45, 2.75) is 26.2 Å². The standard InChI is InChI=1S/C14H19N3O4/c1-3-6-14(13(20)21)7-8-17(9-14)12(19)10-4-5-11(18)16(2)15-10/h4-5H,3,6-9H2,1-2H3,(H,20,21). The third-order valence-corrected chi connectivity index (χ3v) is 4.00. The minimum atomic E-state index is -0.856. The lowest BCUT2D eigenvalue weighted by Crippen LogP contribution is -2.37. The van der Waals surface area contributed by atoms with Crippen molar-refractivity contribution >= 4 is 11.9 Å². The summed E-state index contributed by atoms with van der Waals surface area (Å²) in [6, 6.07) is 2.66. The van der Waals surface area contributed by atoms with Gasteiger partial charge in [0.2, 0.25) is 0 Å². The molecule has 2 rings (SSSR count). The molecule has 0 saturated carbocycles. The van der Waals surface area contributed by atoms with Crippen LogP contribution in [-0.4, -0.2) is 44.8 Å². The van der Waals surface area contributed by atoms with Gasteiger partial charge in [0.1, 0.15) is 5.69 Å². The van der Waals surface area contributed by atoms with E-state index in [2.05, 4.69) is 5.10 Å². The first-order valence-corrected chi connectivity index (χ1v) is 6.96. The number of hydrogen-bond acceptors (Lipinski definition) is 4. The number of rotatable bonds is 4. The second kappa shape index (κ2) is 5.67. The number of carbonyl (C=O) groups is 2. The van der Waals surface area contributed by atoms with Crippen LogP contribution in [0, 0.1) is 5.41 Å². The van der Waals surface area contributed by atoms with Gasteiger partial charge in [0.25, 0.3) is 11.5 Å². The molecule has 7 heteroatoms. The number of amides is 1. The van der Waals surface area contributed by atoms with Crippen LogP contribution < -0.4 is 5.56 Å². The number of carbonyl (C=O) groups excluding carboxylic acids is 1. The molecule has 1 N–H and O–H groups in total. The van der Waals surface area contributed by atoms with Crippen LogP contribution in [0.25, 0.3) is 0 Å². The lowest BCUT2D eigenvalue weighted by Gasteiger charge is -2.24. The van der Waals surface area contributed by atoms with Crippen LogP contribution in [0.5, 0.6) is 0 Å². The van der Waals surface area contributed by atoms with Gasteiger partial charge in [0.05, 0.1) is 5.41 Å². The van der Waals surface area contributed by atoms with Gasteiger partial charge in [-0.1, -0.05) is 13.3 Å². The monoisotopic (exact) mass is 293 g/mol. The average molecular weight is 293 g/mol. The molecule has 114 valence electrons. The maximum absolute atomic E-state index is 12.4. The molecular formula is C14H19N3O4. The Morgan fingerprint density at radius 3 is 2.71 bits per heavy atom. The Morgan fingerprint density at radius 1 is 1.43 bits per heavy atom. The molecule has 2 heterocycles. The number of nitrogens with zero attached hydrogens (tertiary/aromatic N) is 3. The van der Waals surface area contributed by atoms with Gasteiger partial charge < -0.3 is 10.0 Å². The number of aryl methyl sites for hydroxylation is 1. The summed E-state index contributed by atoms with van der Waals surface area (Å²) >= 11 is 0. The molecule has 0 bridgehead atoms. The Labute approximate surface area is 122 Å². The van der Waals surface area contributed by atoms with Crippen LogP contribution in [0.4, 0.5) is 0 Å². The van der Waals surface area contributed by atoms with Crippen molar-refractivity contribution in [3.05, 3.63) is 28.2 Å². The summed E-state index contributed by atoms with van der Waals surface area (Å²) in [5.41, 5.74) is -0.987. The molecule has 7 nitrogen and oxygen atoms in total. The summed E-state index contributed by atoms with van der Waals surface area (Å²) in [6.07, 6.45) is 1.76. The molecule has 1 fully saturated rings. The lowest BCUT2D eigenvalue weighted by molar-refractivity contribution is -0.148. The van der Waals surface area contributed by atoms with Gasteiger partial charge in [0.15, 0.2) is 0 Å². The first kappa shape index (κ1) is 15.2. The summed E-state index contributed by atoms with van der Waals surface area (Å²) in [7, 11) is 1.47. The topological polar surface area (TPSA) is 92.5 Å². The molecular weight excluding hydrogens is 274 g/mol. The van der Waals surface area contributed by atoms with E-state index >= 15 is 0 Å². The Kier molecular flexibility index (Phi) is 4.11. The Bertz CT molecular complexity index is 625. The van der Waals surface area contributed by atoms with Crippen molar-refractivity contribution in [2.24, 2.45) is 12.5 Å². The summed E-state index contributed by atoms with van der Waals surface area (Å²) < 4.78 is 1.10. The maximum Gasteiger partial charge on any atom is 0.311 e. The fraction of sp³-hybridized carbons (Fsp3) is 0.571. The normalized spacial score (nSPS) is 21.5. The van der Waals surface area contributed by atoms with Gasteiger partial charge in [0, 0.05) is 26.2 Å². The first-order chi connectivity index (χ1) is 9.89. The van der Waals surface area contributed by atoms with E-state index in [9.17, 15) is 19.5 Å². The van der Waals surface area contributed by atoms with Gasteiger partial charge in [-0.3, -0.25) is 14.4 Å². The molecule has 21 heavy (non-hydrogen) atoms. The average Bonchev–Trinajstić information content (AvgIpc) is 2.87. The Hall–Kier alpha value is -2.18. The third kappa shape index (κ3) is 2.81. The first-order valence-electron chi connectivity index (χ1n) is 6.96. The van der Waals surface area contributed by atoms with E-state index < -0.39 is 11.4 Å². The van der Waals surface area contributed by atoms with E-state index in [1.54, 1.807) is 0 Å².